The Morgan fingerprint density at radius 2 is 1.97 bits per heavy atom. The van der Waals surface area contributed by atoms with Crippen LogP contribution >= 0.6 is 22.6 Å². The van der Waals surface area contributed by atoms with E-state index in [1.807, 2.05) is 11.8 Å². The number of urea groups is 1. The summed E-state index contributed by atoms with van der Waals surface area (Å²) in [4.78, 5) is 34.8. The Kier molecular flexibility index (Phi) is 10.6. The smallest absolute Gasteiger partial charge is 0.315 e. The molecule has 30 heavy (non-hydrogen) atoms. The highest BCUT2D eigenvalue weighted by molar-refractivity contribution is 8.71. The third-order valence-electron chi connectivity index (χ3n) is 4.65. The monoisotopic (exact) mass is 482 g/mol. The van der Waals surface area contributed by atoms with Crippen molar-refractivity contribution in [3.63, 3.8) is 0 Å². The van der Waals surface area contributed by atoms with Crippen LogP contribution in [-0.2, 0) is 23.2 Å². The van der Waals surface area contributed by atoms with Gasteiger partial charge in [0.2, 0.25) is 11.8 Å². The molecule has 0 aromatic heterocycles. The minimum absolute atomic E-state index is 0.0516. The molecular weight excluding hydrogens is 452 g/mol. The molecular formula is C17H30N4O6S3. The highest BCUT2D eigenvalue weighted by Gasteiger charge is 2.42. The summed E-state index contributed by atoms with van der Waals surface area (Å²) in [5.74, 6) is 0.915. The first-order valence-corrected chi connectivity index (χ1v) is 14.3. The quantitative estimate of drug-likeness (QED) is 0.117. The number of rotatable bonds is 14. The highest BCUT2D eigenvalue weighted by Crippen LogP contribution is 2.33. The van der Waals surface area contributed by atoms with Crippen molar-refractivity contribution in [1.82, 2.24) is 21.3 Å². The molecule has 2 rings (SSSR count). The lowest BCUT2D eigenvalue weighted by molar-refractivity contribution is -0.123. The van der Waals surface area contributed by atoms with Gasteiger partial charge in [0, 0.05) is 36.0 Å². The standard InChI is InChI=1S/C17H30N4O6S3/c1-30(25,26)29-9-7-18-15(23)6-8-27-11-19-14(22)5-3-2-4-13-16-12(10-28-13)20-17(24)21-16/h12-13,16H,2-11H2,1H3,(H,18,23)(H,19,22)(H2,20,21,24)/t12-,13+,16+/m1/s1. The summed E-state index contributed by atoms with van der Waals surface area (Å²) >= 11 is 1.87. The summed E-state index contributed by atoms with van der Waals surface area (Å²) in [6, 6.07) is 0.333. The molecule has 0 saturated carbocycles. The second-order valence-corrected chi connectivity index (χ2v) is 13.0. The second kappa shape index (κ2) is 12.6. The fourth-order valence-corrected chi connectivity index (χ4v) is 6.39. The van der Waals surface area contributed by atoms with E-state index in [1.165, 1.54) is 0 Å². The summed E-state index contributed by atoms with van der Waals surface area (Å²) in [7, 11) is -2.30. The predicted molar refractivity (Wildman–Crippen MR) is 118 cm³/mol. The van der Waals surface area contributed by atoms with Crippen LogP contribution in [0.5, 0.6) is 0 Å². The number of carbonyl (C=O) groups excluding carboxylic acids is 3. The van der Waals surface area contributed by atoms with Crippen molar-refractivity contribution in [2.24, 2.45) is 0 Å². The Hall–Kier alpha value is -1.18. The number of carbonyl (C=O) groups is 3. The number of nitrogens with one attached hydrogen (secondary N) is 4. The van der Waals surface area contributed by atoms with Crippen LogP contribution in [0.15, 0.2) is 0 Å². The minimum atomic E-state index is -3.09. The van der Waals surface area contributed by atoms with Gasteiger partial charge in [-0.15, -0.1) is 0 Å². The number of fused-ring (bicyclic) bond motifs is 1. The van der Waals surface area contributed by atoms with E-state index in [0.29, 0.717) is 17.4 Å². The maximum atomic E-state index is 11.8. The minimum Gasteiger partial charge on any atom is -0.361 e. The Balaban J connectivity index is 1.40. The molecule has 2 aliphatic rings. The first-order chi connectivity index (χ1) is 14.2. The molecule has 4 N–H and O–H groups in total. The lowest BCUT2D eigenvalue weighted by Crippen LogP contribution is -2.36. The van der Waals surface area contributed by atoms with Crippen LogP contribution in [0.25, 0.3) is 0 Å². The van der Waals surface area contributed by atoms with E-state index < -0.39 is 8.87 Å². The van der Waals surface area contributed by atoms with Gasteiger partial charge in [0.25, 0.3) is 0 Å². The highest BCUT2D eigenvalue weighted by atomic mass is 33.1. The largest absolute Gasteiger partial charge is 0.361 e. The SMILES string of the molecule is CS(=O)(=O)SCCNC(=O)CCOCNC(=O)CCCC[C@@H]1SC[C@H]2NC(=O)N[C@H]12. The van der Waals surface area contributed by atoms with Crippen LogP contribution < -0.4 is 21.3 Å². The fraction of sp³-hybridized carbons (Fsp3) is 0.824. The van der Waals surface area contributed by atoms with Gasteiger partial charge >= 0.3 is 6.03 Å². The average molecular weight is 483 g/mol. The lowest BCUT2D eigenvalue weighted by atomic mass is 10.0. The van der Waals surface area contributed by atoms with Crippen molar-refractivity contribution in [2.45, 2.75) is 49.4 Å². The van der Waals surface area contributed by atoms with Gasteiger partial charge < -0.3 is 26.0 Å². The molecule has 13 heteroatoms. The molecule has 2 fully saturated rings. The first kappa shape index (κ1) is 25.1. The van der Waals surface area contributed by atoms with Crippen molar-refractivity contribution < 1.29 is 27.5 Å². The van der Waals surface area contributed by atoms with Gasteiger partial charge in [-0.3, -0.25) is 9.59 Å². The summed E-state index contributed by atoms with van der Waals surface area (Å²) in [5, 5.41) is 11.5. The van der Waals surface area contributed by atoms with Crippen LogP contribution in [0.1, 0.15) is 32.1 Å². The third-order valence-corrected chi connectivity index (χ3v) is 8.74. The van der Waals surface area contributed by atoms with E-state index in [2.05, 4.69) is 21.3 Å². The van der Waals surface area contributed by atoms with E-state index in [1.54, 1.807) is 0 Å². The first-order valence-electron chi connectivity index (χ1n) is 9.89. The van der Waals surface area contributed by atoms with E-state index in [-0.39, 0.29) is 56.2 Å². The topological polar surface area (TPSA) is 143 Å². The predicted octanol–water partition coefficient (Wildman–Crippen LogP) is 0.00160. The van der Waals surface area contributed by atoms with Crippen molar-refractivity contribution in [3.8, 4) is 0 Å². The molecule has 0 aromatic carbocycles. The van der Waals surface area contributed by atoms with Crippen LogP contribution in [0.4, 0.5) is 4.79 Å². The average Bonchev–Trinajstić information content (AvgIpc) is 3.21. The number of amides is 4. The van der Waals surface area contributed by atoms with E-state index in [4.69, 9.17) is 4.74 Å². The maximum Gasteiger partial charge on any atom is 0.315 e. The van der Waals surface area contributed by atoms with Crippen molar-refractivity contribution in [1.29, 1.82) is 0 Å². The van der Waals surface area contributed by atoms with Gasteiger partial charge in [-0.2, -0.15) is 11.8 Å². The van der Waals surface area contributed by atoms with E-state index in [0.717, 1.165) is 42.1 Å². The molecule has 2 heterocycles. The second-order valence-electron chi connectivity index (χ2n) is 7.15. The van der Waals surface area contributed by atoms with Gasteiger partial charge in [0.1, 0.15) is 6.73 Å². The normalized spacial score (nSPS) is 22.8. The molecule has 2 saturated heterocycles. The molecule has 3 atom stereocenters. The summed E-state index contributed by atoms with van der Waals surface area (Å²) < 4.78 is 27.1. The number of unbranched alkanes of at least 4 members (excludes halogenated alkanes) is 1. The van der Waals surface area contributed by atoms with Gasteiger partial charge in [-0.1, -0.05) is 6.42 Å². The van der Waals surface area contributed by atoms with Crippen molar-refractivity contribution >= 4 is 49.3 Å². The molecule has 0 radical (unpaired) electrons. The van der Waals surface area contributed by atoms with E-state index >= 15 is 0 Å². The van der Waals surface area contributed by atoms with Crippen LogP contribution in [0.2, 0.25) is 0 Å². The zero-order valence-electron chi connectivity index (χ0n) is 17.0. The molecule has 0 spiro atoms. The zero-order chi connectivity index (χ0) is 22.0. The Bertz CT molecular complexity index is 706. The zero-order valence-corrected chi connectivity index (χ0v) is 19.4. The Morgan fingerprint density at radius 3 is 2.73 bits per heavy atom. The Morgan fingerprint density at radius 1 is 1.20 bits per heavy atom. The molecule has 4 amide bonds. The van der Waals surface area contributed by atoms with Crippen LogP contribution in [0.3, 0.4) is 0 Å². The van der Waals surface area contributed by atoms with E-state index in [9.17, 15) is 22.8 Å². The summed E-state index contributed by atoms with van der Waals surface area (Å²) in [6.07, 6.45) is 4.34. The van der Waals surface area contributed by atoms with Gasteiger partial charge in [0.15, 0.2) is 8.87 Å². The van der Waals surface area contributed by atoms with Gasteiger partial charge in [-0.25, -0.2) is 13.2 Å². The number of hydrogen-bond donors (Lipinski definition) is 4. The molecule has 0 unspecified atom stereocenters. The van der Waals surface area contributed by atoms with Gasteiger partial charge in [-0.05, 0) is 23.6 Å². The molecule has 0 aliphatic carbocycles. The van der Waals surface area contributed by atoms with Crippen molar-refractivity contribution in [2.75, 3.05) is 37.6 Å². The molecule has 172 valence electrons. The van der Waals surface area contributed by atoms with Crippen molar-refractivity contribution in [3.05, 3.63) is 0 Å². The number of ether oxygens (including phenoxy) is 1. The maximum absolute atomic E-state index is 11.8. The lowest BCUT2D eigenvalue weighted by Gasteiger charge is -2.16. The van der Waals surface area contributed by atoms with Crippen LogP contribution in [0, 0.1) is 0 Å². The Labute approximate surface area is 185 Å². The number of thioether (sulfide) groups is 1. The molecule has 10 nitrogen and oxygen atoms in total. The fourth-order valence-electron chi connectivity index (χ4n) is 3.20. The number of hydrogen-bond acceptors (Lipinski definition) is 8. The third kappa shape index (κ3) is 9.75. The molecule has 0 bridgehead atoms. The summed E-state index contributed by atoms with van der Waals surface area (Å²) in [5.41, 5.74) is 0. The molecule has 0 aromatic rings. The van der Waals surface area contributed by atoms with Crippen LogP contribution in [-0.4, -0.2) is 81.2 Å². The molecule has 2 aliphatic heterocycles. The van der Waals surface area contributed by atoms with Gasteiger partial charge in [0.05, 0.1) is 25.1 Å². The summed E-state index contributed by atoms with van der Waals surface area (Å²) in [6.45, 7) is 0.499.